The molecule has 17 heavy (non-hydrogen) atoms. The molecule has 94 valence electrons. The molecule has 1 saturated heterocycles. The first-order chi connectivity index (χ1) is 8.24. The number of rotatable bonds is 4. The Balaban J connectivity index is 1.69. The molecule has 0 unspecified atom stereocenters. The van der Waals surface area contributed by atoms with Gasteiger partial charge in [0, 0.05) is 10.1 Å². The molecule has 1 heterocycles. The number of benzene rings is 1. The van der Waals surface area contributed by atoms with E-state index in [1.165, 1.54) is 29.5 Å². The molecule has 0 radical (unpaired) electrons. The number of likely N-dealkylation sites (tertiary alicyclic amines) is 1. The van der Waals surface area contributed by atoms with Crippen LogP contribution in [0.3, 0.4) is 0 Å². The second-order valence-electron chi connectivity index (χ2n) is 4.83. The van der Waals surface area contributed by atoms with Gasteiger partial charge in [0.2, 0.25) is 0 Å². The van der Waals surface area contributed by atoms with Crippen LogP contribution in [0.1, 0.15) is 19.8 Å². The molecule has 0 N–H and O–H groups in total. The van der Waals surface area contributed by atoms with Gasteiger partial charge in [-0.1, -0.05) is 13.0 Å². The molecular formula is C14H20INO. The SMILES string of the molecule is CC1CCN(CCOc2cccc(I)c2)CC1. The summed E-state index contributed by atoms with van der Waals surface area (Å²) in [5.41, 5.74) is 0. The summed E-state index contributed by atoms with van der Waals surface area (Å²) in [4.78, 5) is 2.51. The molecule has 0 bridgehead atoms. The van der Waals surface area contributed by atoms with Crippen LogP contribution in [0.4, 0.5) is 0 Å². The van der Waals surface area contributed by atoms with Crippen molar-refractivity contribution in [3.8, 4) is 5.75 Å². The van der Waals surface area contributed by atoms with E-state index in [0.717, 1.165) is 24.8 Å². The maximum Gasteiger partial charge on any atom is 0.120 e. The first kappa shape index (κ1) is 13.1. The predicted molar refractivity (Wildman–Crippen MR) is 79.5 cm³/mol. The predicted octanol–water partition coefficient (Wildman–Crippen LogP) is 3.40. The van der Waals surface area contributed by atoms with Crippen molar-refractivity contribution in [2.45, 2.75) is 19.8 Å². The van der Waals surface area contributed by atoms with E-state index in [1.54, 1.807) is 0 Å². The lowest BCUT2D eigenvalue weighted by Crippen LogP contribution is -2.35. The molecule has 0 amide bonds. The highest BCUT2D eigenvalue weighted by Gasteiger charge is 2.14. The fourth-order valence-corrected chi connectivity index (χ4v) is 2.65. The molecule has 0 atom stereocenters. The van der Waals surface area contributed by atoms with Gasteiger partial charge in [0.25, 0.3) is 0 Å². The molecule has 2 rings (SSSR count). The van der Waals surface area contributed by atoms with Crippen molar-refractivity contribution in [3.63, 3.8) is 0 Å². The lowest BCUT2D eigenvalue weighted by atomic mass is 9.99. The van der Waals surface area contributed by atoms with Gasteiger partial charge in [-0.15, -0.1) is 0 Å². The molecule has 1 aliphatic rings. The fraction of sp³-hybridized carbons (Fsp3) is 0.571. The smallest absolute Gasteiger partial charge is 0.120 e. The van der Waals surface area contributed by atoms with E-state index in [4.69, 9.17) is 4.74 Å². The summed E-state index contributed by atoms with van der Waals surface area (Å²) in [6.45, 7) is 6.67. The molecule has 0 aliphatic carbocycles. The zero-order valence-corrected chi connectivity index (χ0v) is 12.5. The van der Waals surface area contributed by atoms with E-state index in [9.17, 15) is 0 Å². The first-order valence-corrected chi connectivity index (χ1v) is 7.42. The quantitative estimate of drug-likeness (QED) is 0.776. The summed E-state index contributed by atoms with van der Waals surface area (Å²) in [5.74, 6) is 1.89. The highest BCUT2D eigenvalue weighted by Crippen LogP contribution is 2.17. The van der Waals surface area contributed by atoms with Gasteiger partial charge in [0.1, 0.15) is 12.4 Å². The molecule has 1 aliphatic heterocycles. The molecular weight excluding hydrogens is 325 g/mol. The average Bonchev–Trinajstić information content (AvgIpc) is 2.32. The summed E-state index contributed by atoms with van der Waals surface area (Å²) < 4.78 is 7.00. The third-order valence-corrected chi connectivity index (χ3v) is 4.02. The molecule has 1 fully saturated rings. The number of hydrogen-bond acceptors (Lipinski definition) is 2. The summed E-state index contributed by atoms with van der Waals surface area (Å²) >= 11 is 2.31. The second kappa shape index (κ2) is 6.59. The van der Waals surface area contributed by atoms with Crippen LogP contribution in [-0.4, -0.2) is 31.1 Å². The highest BCUT2D eigenvalue weighted by atomic mass is 127. The average molecular weight is 345 g/mol. The van der Waals surface area contributed by atoms with Crippen LogP contribution >= 0.6 is 22.6 Å². The van der Waals surface area contributed by atoms with Crippen molar-refractivity contribution in [1.29, 1.82) is 0 Å². The number of nitrogens with zero attached hydrogens (tertiary/aromatic N) is 1. The number of ether oxygens (including phenoxy) is 1. The van der Waals surface area contributed by atoms with Crippen LogP contribution in [0, 0.1) is 9.49 Å². The lowest BCUT2D eigenvalue weighted by molar-refractivity contribution is 0.160. The van der Waals surface area contributed by atoms with Gasteiger partial charge >= 0.3 is 0 Å². The van der Waals surface area contributed by atoms with Crippen LogP contribution < -0.4 is 4.74 Å². The van der Waals surface area contributed by atoms with Crippen LogP contribution in [0.15, 0.2) is 24.3 Å². The van der Waals surface area contributed by atoms with E-state index in [2.05, 4.69) is 46.5 Å². The third-order valence-electron chi connectivity index (χ3n) is 3.35. The van der Waals surface area contributed by atoms with Gasteiger partial charge in [-0.3, -0.25) is 4.90 Å². The molecule has 2 nitrogen and oxygen atoms in total. The van der Waals surface area contributed by atoms with Crippen molar-refractivity contribution in [3.05, 3.63) is 27.8 Å². The Morgan fingerprint density at radius 3 is 2.82 bits per heavy atom. The zero-order chi connectivity index (χ0) is 12.1. The normalized spacial score (nSPS) is 18.2. The van der Waals surface area contributed by atoms with Crippen molar-refractivity contribution in [2.24, 2.45) is 5.92 Å². The minimum atomic E-state index is 0.800. The summed E-state index contributed by atoms with van der Waals surface area (Å²) in [6.07, 6.45) is 2.67. The monoisotopic (exact) mass is 345 g/mol. The Bertz CT molecular complexity index is 348. The van der Waals surface area contributed by atoms with Gasteiger partial charge < -0.3 is 4.74 Å². The number of halogens is 1. The topological polar surface area (TPSA) is 12.5 Å². The number of hydrogen-bond donors (Lipinski definition) is 0. The fourth-order valence-electron chi connectivity index (χ4n) is 2.14. The van der Waals surface area contributed by atoms with Crippen molar-refractivity contribution < 1.29 is 4.74 Å². The molecule has 1 aromatic carbocycles. The van der Waals surface area contributed by atoms with E-state index >= 15 is 0 Å². The van der Waals surface area contributed by atoms with Gasteiger partial charge in [0.15, 0.2) is 0 Å². The van der Waals surface area contributed by atoms with E-state index in [0.29, 0.717) is 0 Å². The lowest BCUT2D eigenvalue weighted by Gasteiger charge is -2.29. The van der Waals surface area contributed by atoms with E-state index in [1.807, 2.05) is 12.1 Å². The second-order valence-corrected chi connectivity index (χ2v) is 6.08. The standard InChI is InChI=1S/C14H20INO/c1-12-5-7-16(8-6-12)9-10-17-14-4-2-3-13(15)11-14/h2-4,11-12H,5-10H2,1H3. The Hall–Kier alpha value is -0.290. The Labute approximate surface area is 117 Å². The maximum atomic E-state index is 5.77. The van der Waals surface area contributed by atoms with Crippen molar-refractivity contribution in [2.75, 3.05) is 26.2 Å². The molecule has 0 aromatic heterocycles. The molecule has 0 spiro atoms. The van der Waals surface area contributed by atoms with Crippen LogP contribution in [-0.2, 0) is 0 Å². The first-order valence-electron chi connectivity index (χ1n) is 6.35. The largest absolute Gasteiger partial charge is 0.492 e. The Morgan fingerprint density at radius 1 is 1.35 bits per heavy atom. The molecule has 3 heteroatoms. The molecule has 1 aromatic rings. The Kier molecular flexibility index (Phi) is 5.10. The zero-order valence-electron chi connectivity index (χ0n) is 10.4. The molecule has 0 saturated carbocycles. The van der Waals surface area contributed by atoms with Gasteiger partial charge in [-0.2, -0.15) is 0 Å². The van der Waals surface area contributed by atoms with Gasteiger partial charge in [-0.25, -0.2) is 0 Å². The summed E-state index contributed by atoms with van der Waals surface area (Å²) in [6, 6.07) is 8.23. The van der Waals surface area contributed by atoms with Crippen LogP contribution in [0.2, 0.25) is 0 Å². The highest BCUT2D eigenvalue weighted by molar-refractivity contribution is 14.1. The van der Waals surface area contributed by atoms with Gasteiger partial charge in [-0.05, 0) is 72.6 Å². The Morgan fingerprint density at radius 2 is 2.12 bits per heavy atom. The van der Waals surface area contributed by atoms with E-state index < -0.39 is 0 Å². The minimum absolute atomic E-state index is 0.800. The van der Waals surface area contributed by atoms with Gasteiger partial charge in [0.05, 0.1) is 0 Å². The van der Waals surface area contributed by atoms with E-state index in [-0.39, 0.29) is 0 Å². The summed E-state index contributed by atoms with van der Waals surface area (Å²) in [7, 11) is 0. The van der Waals surface area contributed by atoms with Crippen LogP contribution in [0.25, 0.3) is 0 Å². The third kappa shape index (κ3) is 4.47. The van der Waals surface area contributed by atoms with Crippen molar-refractivity contribution >= 4 is 22.6 Å². The maximum absolute atomic E-state index is 5.77. The number of piperidine rings is 1. The van der Waals surface area contributed by atoms with Crippen LogP contribution in [0.5, 0.6) is 5.75 Å². The van der Waals surface area contributed by atoms with Crippen molar-refractivity contribution in [1.82, 2.24) is 4.90 Å². The minimum Gasteiger partial charge on any atom is -0.492 e. The summed E-state index contributed by atoms with van der Waals surface area (Å²) in [5, 5.41) is 0.